The van der Waals surface area contributed by atoms with Gasteiger partial charge in [-0.3, -0.25) is 9.78 Å². The fourth-order valence-corrected chi connectivity index (χ4v) is 5.14. The fraction of sp³-hybridized carbons (Fsp3) is 0.600. The molecule has 6 nitrogen and oxygen atoms in total. The Kier molecular flexibility index (Phi) is 3.98. The van der Waals surface area contributed by atoms with Crippen LogP contribution in [0.15, 0.2) is 29.0 Å². The average molecular weight is 352 g/mol. The summed E-state index contributed by atoms with van der Waals surface area (Å²) in [5, 5.41) is 4.15. The van der Waals surface area contributed by atoms with Gasteiger partial charge in [-0.15, -0.1) is 0 Å². The second kappa shape index (κ2) is 6.49. The first-order valence-electron chi connectivity index (χ1n) is 9.86. The van der Waals surface area contributed by atoms with Crippen molar-refractivity contribution in [2.45, 2.75) is 69.4 Å². The van der Waals surface area contributed by atoms with Gasteiger partial charge in [-0.1, -0.05) is 18.0 Å². The summed E-state index contributed by atoms with van der Waals surface area (Å²) in [4.78, 5) is 23.9. The smallest absolute Gasteiger partial charge is 0.230 e. The maximum absolute atomic E-state index is 13.0. The van der Waals surface area contributed by atoms with Gasteiger partial charge in [-0.25, -0.2) is 0 Å². The molecule has 0 radical (unpaired) electrons. The Bertz CT molecular complexity index is 770. The van der Waals surface area contributed by atoms with E-state index < -0.39 is 0 Å². The molecular formula is C20H24N4O2. The number of fused-ring (bicyclic) bond motifs is 2. The number of hydrogen-bond donors (Lipinski definition) is 0. The lowest BCUT2D eigenvalue weighted by molar-refractivity contribution is -0.140. The van der Waals surface area contributed by atoms with Crippen molar-refractivity contribution < 1.29 is 9.32 Å². The van der Waals surface area contributed by atoms with E-state index in [0.29, 0.717) is 23.8 Å². The van der Waals surface area contributed by atoms with Gasteiger partial charge in [0.1, 0.15) is 0 Å². The monoisotopic (exact) mass is 352 g/mol. The van der Waals surface area contributed by atoms with Gasteiger partial charge in [0.2, 0.25) is 17.6 Å². The van der Waals surface area contributed by atoms with Crippen LogP contribution in [0, 0.1) is 5.92 Å². The summed E-state index contributed by atoms with van der Waals surface area (Å²) in [6.07, 6.45) is 12.2. The van der Waals surface area contributed by atoms with Crippen molar-refractivity contribution in [2.75, 3.05) is 0 Å². The lowest BCUT2D eigenvalue weighted by Crippen LogP contribution is -2.48. The first kappa shape index (κ1) is 16.0. The molecule has 1 aliphatic carbocycles. The molecule has 3 aliphatic rings. The third kappa shape index (κ3) is 2.72. The first-order chi connectivity index (χ1) is 12.8. The number of rotatable bonds is 3. The average Bonchev–Trinajstić information content (AvgIpc) is 3.42. The number of piperidine rings is 1. The van der Waals surface area contributed by atoms with Crippen molar-refractivity contribution in [3.05, 3.63) is 30.4 Å². The predicted molar refractivity (Wildman–Crippen MR) is 95.1 cm³/mol. The zero-order chi connectivity index (χ0) is 17.5. The number of amides is 1. The van der Waals surface area contributed by atoms with Crippen LogP contribution in [0.5, 0.6) is 0 Å². The number of aromatic nitrogens is 3. The molecule has 1 unspecified atom stereocenters. The van der Waals surface area contributed by atoms with E-state index in [1.165, 1.54) is 12.8 Å². The van der Waals surface area contributed by atoms with E-state index in [1.807, 2.05) is 12.1 Å². The van der Waals surface area contributed by atoms with Gasteiger partial charge in [0.05, 0.1) is 0 Å². The summed E-state index contributed by atoms with van der Waals surface area (Å²) in [7, 11) is 0. The van der Waals surface area contributed by atoms with Crippen LogP contribution in [0.4, 0.5) is 0 Å². The minimum Gasteiger partial charge on any atom is -0.339 e. The minimum atomic E-state index is 0.267. The number of hydrogen-bond acceptors (Lipinski definition) is 5. The summed E-state index contributed by atoms with van der Waals surface area (Å²) < 4.78 is 5.59. The summed E-state index contributed by atoms with van der Waals surface area (Å²) >= 11 is 0. The number of carbonyl (C=O) groups excluding carboxylic acids is 1. The second-order valence-electron chi connectivity index (χ2n) is 7.97. The van der Waals surface area contributed by atoms with E-state index >= 15 is 0 Å². The molecule has 1 amide bonds. The molecule has 4 heterocycles. The summed E-state index contributed by atoms with van der Waals surface area (Å²) in [5.74, 6) is 2.30. The highest BCUT2D eigenvalue weighted by Crippen LogP contribution is 2.44. The number of carbonyl (C=O) groups is 1. The molecule has 6 heteroatoms. The third-order valence-electron chi connectivity index (χ3n) is 6.42. The predicted octanol–water partition coefficient (Wildman–Crippen LogP) is 3.56. The zero-order valence-corrected chi connectivity index (χ0v) is 14.9. The van der Waals surface area contributed by atoms with Crippen LogP contribution in [0.1, 0.15) is 63.2 Å². The summed E-state index contributed by atoms with van der Waals surface area (Å²) in [6.45, 7) is 0. The molecule has 2 aromatic heterocycles. The van der Waals surface area contributed by atoms with E-state index in [2.05, 4.69) is 20.0 Å². The molecule has 0 aromatic carbocycles. The van der Waals surface area contributed by atoms with E-state index in [9.17, 15) is 4.79 Å². The first-order valence-corrected chi connectivity index (χ1v) is 9.86. The van der Waals surface area contributed by atoms with E-state index in [-0.39, 0.29) is 11.8 Å². The van der Waals surface area contributed by atoms with Gasteiger partial charge >= 0.3 is 0 Å². The Balaban J connectivity index is 1.32. The highest BCUT2D eigenvalue weighted by molar-refractivity contribution is 5.80. The van der Waals surface area contributed by atoms with Crippen LogP contribution in [-0.4, -0.2) is 38.0 Å². The Morgan fingerprint density at radius 2 is 1.73 bits per heavy atom. The molecule has 2 aliphatic heterocycles. The van der Waals surface area contributed by atoms with Crippen molar-refractivity contribution >= 4 is 5.91 Å². The SMILES string of the molecule is O=C(C1CCCC1)N1[C@@H]2CC[C@H]1CC(c1nc(-c3ccncc3)no1)C2. The van der Waals surface area contributed by atoms with Crippen LogP contribution in [0.3, 0.4) is 0 Å². The second-order valence-corrected chi connectivity index (χ2v) is 7.97. The maximum atomic E-state index is 13.0. The summed E-state index contributed by atoms with van der Waals surface area (Å²) in [5.41, 5.74) is 0.923. The van der Waals surface area contributed by atoms with E-state index in [0.717, 1.165) is 50.0 Å². The normalized spacial score (nSPS) is 28.6. The van der Waals surface area contributed by atoms with Crippen LogP contribution < -0.4 is 0 Å². The Hall–Kier alpha value is -2.24. The van der Waals surface area contributed by atoms with Gasteiger partial charge < -0.3 is 9.42 Å². The largest absolute Gasteiger partial charge is 0.339 e. The Morgan fingerprint density at radius 3 is 2.42 bits per heavy atom. The van der Waals surface area contributed by atoms with Gasteiger partial charge in [-0.2, -0.15) is 4.98 Å². The van der Waals surface area contributed by atoms with Crippen molar-refractivity contribution in [3.8, 4) is 11.4 Å². The quantitative estimate of drug-likeness (QED) is 0.844. The third-order valence-corrected chi connectivity index (χ3v) is 6.42. The molecule has 2 saturated heterocycles. The van der Waals surface area contributed by atoms with Crippen LogP contribution in [-0.2, 0) is 4.79 Å². The molecule has 2 aromatic rings. The molecular weight excluding hydrogens is 328 g/mol. The van der Waals surface area contributed by atoms with Crippen LogP contribution in [0.25, 0.3) is 11.4 Å². The van der Waals surface area contributed by atoms with Crippen molar-refractivity contribution in [1.82, 2.24) is 20.0 Å². The van der Waals surface area contributed by atoms with Crippen LogP contribution >= 0.6 is 0 Å². The summed E-state index contributed by atoms with van der Waals surface area (Å²) in [6, 6.07) is 4.48. The topological polar surface area (TPSA) is 72.1 Å². The molecule has 1 saturated carbocycles. The fourth-order valence-electron chi connectivity index (χ4n) is 5.14. The van der Waals surface area contributed by atoms with E-state index in [4.69, 9.17) is 4.52 Å². The molecule has 0 spiro atoms. The molecule has 5 rings (SSSR count). The lowest BCUT2D eigenvalue weighted by atomic mass is 9.89. The van der Waals surface area contributed by atoms with E-state index in [1.54, 1.807) is 12.4 Å². The van der Waals surface area contributed by atoms with Crippen molar-refractivity contribution in [1.29, 1.82) is 0 Å². The molecule has 2 bridgehead atoms. The molecule has 0 N–H and O–H groups in total. The van der Waals surface area contributed by atoms with Crippen molar-refractivity contribution in [2.24, 2.45) is 5.92 Å². The zero-order valence-electron chi connectivity index (χ0n) is 14.9. The highest BCUT2D eigenvalue weighted by atomic mass is 16.5. The molecule has 136 valence electrons. The molecule has 3 atom stereocenters. The van der Waals surface area contributed by atoms with Gasteiger partial charge in [0.25, 0.3) is 0 Å². The standard InChI is InChI=1S/C20H24N4O2/c25-20(14-3-1-2-4-14)24-16-5-6-17(24)12-15(11-16)19-22-18(23-26-19)13-7-9-21-10-8-13/h7-10,14-17H,1-6,11-12H2/t15?,16-,17+. The lowest BCUT2D eigenvalue weighted by Gasteiger charge is -2.39. The van der Waals surface area contributed by atoms with Gasteiger partial charge in [0, 0.05) is 41.9 Å². The number of nitrogens with zero attached hydrogens (tertiary/aromatic N) is 4. The molecule has 26 heavy (non-hydrogen) atoms. The Morgan fingerprint density at radius 1 is 1.04 bits per heavy atom. The highest BCUT2D eigenvalue weighted by Gasteiger charge is 2.46. The van der Waals surface area contributed by atoms with Crippen molar-refractivity contribution in [3.63, 3.8) is 0 Å². The maximum Gasteiger partial charge on any atom is 0.230 e. The Labute approximate surface area is 153 Å². The molecule has 3 fully saturated rings. The van der Waals surface area contributed by atoms with Crippen LogP contribution in [0.2, 0.25) is 0 Å². The van der Waals surface area contributed by atoms with Gasteiger partial charge in [-0.05, 0) is 50.7 Å². The number of pyridine rings is 1. The minimum absolute atomic E-state index is 0.267. The van der Waals surface area contributed by atoms with Gasteiger partial charge in [0.15, 0.2) is 0 Å².